The Kier molecular flexibility index (Phi) is 6.55. The van der Waals surface area contributed by atoms with E-state index in [0.29, 0.717) is 0 Å². The molecule has 4 bridgehead atoms. The summed E-state index contributed by atoms with van der Waals surface area (Å²) in [6, 6.07) is 77.2. The van der Waals surface area contributed by atoms with Crippen molar-refractivity contribution in [2.75, 3.05) is 0 Å². The third-order valence-electron chi connectivity index (χ3n) is 14.3. The van der Waals surface area contributed by atoms with Crippen LogP contribution >= 0.6 is 0 Å². The molecule has 6 aliphatic carbocycles. The van der Waals surface area contributed by atoms with Crippen molar-refractivity contribution < 1.29 is 0 Å². The Morgan fingerprint density at radius 3 is 0.945 bits per heavy atom. The molecule has 8 aromatic rings. The maximum atomic E-state index is 2.55. The second kappa shape index (κ2) is 11.3. The molecule has 0 unspecified atom stereocenters. The van der Waals surface area contributed by atoms with Gasteiger partial charge in [0.1, 0.15) is 0 Å². The molecule has 260 valence electrons. The molecule has 0 nitrogen and oxygen atoms in total. The number of rotatable bonds is 4. The Morgan fingerprint density at radius 2 is 0.600 bits per heavy atom. The zero-order chi connectivity index (χ0) is 36.5. The molecule has 0 atom stereocenters. The van der Waals surface area contributed by atoms with Crippen molar-refractivity contribution in [2.24, 2.45) is 0 Å². The first-order valence-electron chi connectivity index (χ1n) is 19.9. The summed E-state index contributed by atoms with van der Waals surface area (Å²) in [6.45, 7) is 4.74. The van der Waals surface area contributed by atoms with Crippen molar-refractivity contribution in [2.45, 2.75) is 32.5 Å². The fourth-order valence-corrected chi connectivity index (χ4v) is 35.1. The number of aryl methyl sites for hydroxylation is 2. The van der Waals surface area contributed by atoms with E-state index in [4.69, 9.17) is 0 Å². The van der Waals surface area contributed by atoms with Crippen molar-refractivity contribution in [1.29, 1.82) is 0 Å². The fraction of sp³-hybridized carbons (Fsp3) is 0.111. The van der Waals surface area contributed by atoms with E-state index in [0.717, 1.165) is 0 Å². The van der Waals surface area contributed by atoms with Crippen molar-refractivity contribution in [3.63, 3.8) is 0 Å². The van der Waals surface area contributed by atoms with Gasteiger partial charge in [-0.15, -0.1) is 0 Å². The average molecular weight is 808 g/mol. The fourth-order valence-electron chi connectivity index (χ4n) is 12.9. The van der Waals surface area contributed by atoms with Gasteiger partial charge < -0.3 is 0 Å². The van der Waals surface area contributed by atoms with Gasteiger partial charge in [0.2, 0.25) is 0 Å². The summed E-state index contributed by atoms with van der Waals surface area (Å²) < 4.78 is 2.12. The van der Waals surface area contributed by atoms with Crippen LogP contribution in [0, 0.1) is 13.8 Å². The van der Waals surface area contributed by atoms with Gasteiger partial charge in [0.25, 0.3) is 0 Å². The molecule has 0 spiro atoms. The quantitative estimate of drug-likeness (QED) is 0.155. The van der Waals surface area contributed by atoms with Gasteiger partial charge >= 0.3 is 330 Å². The van der Waals surface area contributed by atoms with E-state index in [9.17, 15) is 0 Å². The summed E-state index contributed by atoms with van der Waals surface area (Å²) >= 11 is -4.94. The SMILES string of the molecule is Cc1cccc2c1C1c3ccccc3[C]2([Sn]([c]2ccccc2)([c]2ccccc2)[C]23c4ccccc4C(c4ccccc42)c2c(C)cccc23)c2ccccc21. The molecule has 55 heavy (non-hydrogen) atoms. The second-order valence-electron chi connectivity index (χ2n) is 16.3. The van der Waals surface area contributed by atoms with Gasteiger partial charge in [-0.2, -0.15) is 0 Å². The predicted molar refractivity (Wildman–Crippen MR) is 228 cm³/mol. The third kappa shape index (κ3) is 3.54. The standard InChI is InChI=1S/2C21H15.2C6H5.Sn/c2*1-13-7-6-12-18-19(13)21-16-10-4-2-8-14(16)20(18)15-9-3-5-11-17(15)21;2*1-2-4-6-5-3-1;/h2*2-12,21H,1H3;2*1-5H;. The van der Waals surface area contributed by atoms with Gasteiger partial charge in [-0.05, 0) is 0 Å². The van der Waals surface area contributed by atoms with Crippen LogP contribution < -0.4 is 7.16 Å². The molecule has 1 heteroatoms. The second-order valence-corrected chi connectivity index (χ2v) is 28.1. The van der Waals surface area contributed by atoms with Crippen molar-refractivity contribution in [3.8, 4) is 0 Å². The van der Waals surface area contributed by atoms with Crippen LogP contribution in [0.2, 0.25) is 0 Å². The third-order valence-corrected chi connectivity index (χ3v) is 32.2. The minimum absolute atomic E-state index is 0.190. The van der Waals surface area contributed by atoms with E-state index < -0.39 is 25.2 Å². The van der Waals surface area contributed by atoms with Crippen LogP contribution in [-0.4, -0.2) is 18.4 Å². The Morgan fingerprint density at radius 1 is 0.309 bits per heavy atom. The van der Waals surface area contributed by atoms with Gasteiger partial charge in [-0.1, -0.05) is 0 Å². The summed E-state index contributed by atoms with van der Waals surface area (Å²) in [5, 5.41) is 0. The average Bonchev–Trinajstić information content (AvgIpc) is 3.25. The van der Waals surface area contributed by atoms with E-state index in [1.54, 1.807) is 0 Å². The van der Waals surface area contributed by atoms with Crippen molar-refractivity contribution in [1.82, 2.24) is 0 Å². The van der Waals surface area contributed by atoms with Gasteiger partial charge in [0.15, 0.2) is 0 Å². The number of hydrogen-bond acceptors (Lipinski definition) is 0. The molecule has 0 aromatic heterocycles. The Bertz CT molecular complexity index is 2570. The normalized spacial score (nSPS) is 21.8. The van der Waals surface area contributed by atoms with E-state index in [-0.39, 0.29) is 11.8 Å². The van der Waals surface area contributed by atoms with Crippen LogP contribution in [0.25, 0.3) is 0 Å². The van der Waals surface area contributed by atoms with Crippen molar-refractivity contribution >= 4 is 25.5 Å². The summed E-state index contributed by atoms with van der Waals surface area (Å²) in [5.41, 5.74) is 20.8. The molecule has 0 N–H and O–H groups in total. The Balaban J connectivity index is 1.46. The summed E-state index contributed by atoms with van der Waals surface area (Å²) in [4.78, 5) is 0. The van der Waals surface area contributed by atoms with Crippen LogP contribution in [0.1, 0.15) is 89.7 Å². The Hall–Kier alpha value is -5.44. The molecular weight excluding hydrogens is 767 g/mol. The first-order chi connectivity index (χ1) is 27.2. The monoisotopic (exact) mass is 808 g/mol. The molecule has 0 aliphatic heterocycles. The molecule has 14 rings (SSSR count). The molecule has 0 amide bonds. The molecule has 0 radical (unpaired) electrons. The summed E-state index contributed by atoms with van der Waals surface area (Å²) in [7, 11) is 0. The van der Waals surface area contributed by atoms with Gasteiger partial charge in [0, 0.05) is 0 Å². The minimum atomic E-state index is -4.94. The van der Waals surface area contributed by atoms with Gasteiger partial charge in [0.05, 0.1) is 0 Å². The predicted octanol–water partition coefficient (Wildman–Crippen LogP) is 10.6. The maximum absolute atomic E-state index is 4.94. The van der Waals surface area contributed by atoms with Crippen LogP contribution in [-0.2, 0) is 6.86 Å². The molecule has 0 fully saturated rings. The van der Waals surface area contributed by atoms with Gasteiger partial charge in [-0.25, -0.2) is 0 Å². The molecule has 6 aliphatic rings. The molecule has 8 aromatic carbocycles. The van der Waals surface area contributed by atoms with E-state index in [2.05, 4.69) is 208 Å². The van der Waals surface area contributed by atoms with Crippen molar-refractivity contribution in [3.05, 3.63) is 272 Å². The summed E-state index contributed by atoms with van der Waals surface area (Å²) in [6.07, 6.45) is 0. The van der Waals surface area contributed by atoms with E-state index in [1.807, 2.05) is 0 Å². The number of hydrogen-bond donors (Lipinski definition) is 0. The topological polar surface area (TPSA) is 0 Å². The molecule has 0 heterocycles. The zero-order valence-electron chi connectivity index (χ0n) is 31.1. The number of benzene rings is 8. The Labute approximate surface area is 328 Å². The first kappa shape index (κ1) is 31.9. The van der Waals surface area contributed by atoms with Crippen LogP contribution in [0.4, 0.5) is 0 Å². The van der Waals surface area contributed by atoms with Crippen LogP contribution in [0.15, 0.2) is 194 Å². The molecular formula is C54H40Sn. The zero-order valence-corrected chi connectivity index (χ0v) is 34.0. The molecule has 0 saturated heterocycles. The van der Waals surface area contributed by atoms with Crippen LogP contribution in [0.5, 0.6) is 0 Å². The van der Waals surface area contributed by atoms with Gasteiger partial charge in [-0.3, -0.25) is 0 Å². The van der Waals surface area contributed by atoms with Crippen LogP contribution in [0.3, 0.4) is 0 Å². The molecule has 0 saturated carbocycles. The van der Waals surface area contributed by atoms with E-state index in [1.165, 1.54) is 85.0 Å². The van der Waals surface area contributed by atoms with E-state index >= 15 is 0 Å². The summed E-state index contributed by atoms with van der Waals surface area (Å²) in [5.74, 6) is 0.379. The first-order valence-corrected chi connectivity index (χ1v) is 25.6.